The van der Waals surface area contributed by atoms with E-state index in [2.05, 4.69) is 10.3 Å². The summed E-state index contributed by atoms with van der Waals surface area (Å²) in [6.07, 6.45) is 2.36. The molecule has 21 heavy (non-hydrogen) atoms. The van der Waals surface area contributed by atoms with Crippen molar-refractivity contribution in [1.29, 1.82) is 0 Å². The number of hydrogen-bond donors (Lipinski definition) is 2. The van der Waals surface area contributed by atoms with Gasteiger partial charge in [0.2, 0.25) is 5.91 Å². The number of carboxylic acid groups (broad SMARTS) is 1. The molecule has 0 unspecified atom stereocenters. The highest BCUT2D eigenvalue weighted by Gasteiger charge is 2.06. The van der Waals surface area contributed by atoms with Crippen molar-refractivity contribution < 1.29 is 14.7 Å². The van der Waals surface area contributed by atoms with Crippen LogP contribution in [0.1, 0.15) is 28.0 Å². The Hall–Kier alpha value is -2.69. The SMILES string of the molecule is Cc1ccc(CCC(=O)Nc2ccc(C(=O)O)nc2)cc1. The first-order chi connectivity index (χ1) is 10.0. The fourth-order valence-corrected chi connectivity index (χ4v) is 1.83. The molecular formula is C16H16N2O3. The molecular weight excluding hydrogens is 268 g/mol. The summed E-state index contributed by atoms with van der Waals surface area (Å²) in [5, 5.41) is 11.4. The van der Waals surface area contributed by atoms with E-state index in [4.69, 9.17) is 5.11 Å². The number of aromatic nitrogens is 1. The highest BCUT2D eigenvalue weighted by Crippen LogP contribution is 2.09. The van der Waals surface area contributed by atoms with Crippen molar-refractivity contribution in [2.24, 2.45) is 0 Å². The maximum Gasteiger partial charge on any atom is 0.354 e. The van der Waals surface area contributed by atoms with Crippen LogP contribution >= 0.6 is 0 Å². The van der Waals surface area contributed by atoms with Gasteiger partial charge >= 0.3 is 5.97 Å². The van der Waals surface area contributed by atoms with Crippen LogP contribution < -0.4 is 5.32 Å². The van der Waals surface area contributed by atoms with Gasteiger partial charge in [-0.2, -0.15) is 0 Å². The molecule has 5 nitrogen and oxygen atoms in total. The van der Waals surface area contributed by atoms with Gasteiger partial charge in [-0.25, -0.2) is 9.78 Å². The zero-order chi connectivity index (χ0) is 15.2. The van der Waals surface area contributed by atoms with Crippen LogP contribution in [0.25, 0.3) is 0 Å². The second kappa shape index (κ2) is 6.65. The maximum atomic E-state index is 11.8. The molecule has 108 valence electrons. The minimum Gasteiger partial charge on any atom is -0.477 e. The lowest BCUT2D eigenvalue weighted by Crippen LogP contribution is -2.13. The number of rotatable bonds is 5. The number of hydrogen-bond acceptors (Lipinski definition) is 3. The normalized spacial score (nSPS) is 10.1. The van der Waals surface area contributed by atoms with Crippen LogP contribution in [0.15, 0.2) is 42.6 Å². The van der Waals surface area contributed by atoms with Gasteiger partial charge in [0.1, 0.15) is 5.69 Å². The lowest BCUT2D eigenvalue weighted by Gasteiger charge is -2.05. The van der Waals surface area contributed by atoms with Gasteiger partial charge in [-0.05, 0) is 31.0 Å². The second-order valence-electron chi connectivity index (χ2n) is 4.77. The minimum absolute atomic E-state index is 0.0485. The van der Waals surface area contributed by atoms with E-state index < -0.39 is 5.97 Å². The van der Waals surface area contributed by atoms with Crippen molar-refractivity contribution in [3.63, 3.8) is 0 Å². The molecule has 0 saturated carbocycles. The summed E-state index contributed by atoms with van der Waals surface area (Å²) < 4.78 is 0. The third kappa shape index (κ3) is 4.42. The summed E-state index contributed by atoms with van der Waals surface area (Å²) in [5.74, 6) is -1.22. The van der Waals surface area contributed by atoms with Crippen molar-refractivity contribution in [2.75, 3.05) is 5.32 Å². The maximum absolute atomic E-state index is 11.8. The molecule has 2 rings (SSSR count). The Morgan fingerprint density at radius 1 is 1.14 bits per heavy atom. The number of amides is 1. The molecule has 2 aromatic rings. The van der Waals surface area contributed by atoms with E-state index in [0.29, 0.717) is 18.5 Å². The van der Waals surface area contributed by atoms with Gasteiger partial charge in [0.25, 0.3) is 0 Å². The molecule has 1 heterocycles. The standard InChI is InChI=1S/C16H16N2O3/c1-11-2-4-12(5-3-11)6-9-15(19)18-13-7-8-14(16(20)21)17-10-13/h2-5,7-8,10H,6,9H2,1H3,(H,18,19)(H,20,21). The Kier molecular flexibility index (Phi) is 4.66. The smallest absolute Gasteiger partial charge is 0.354 e. The number of carbonyl (C=O) groups excluding carboxylic acids is 1. The molecule has 0 aliphatic carbocycles. The fourth-order valence-electron chi connectivity index (χ4n) is 1.83. The van der Waals surface area contributed by atoms with Crippen molar-refractivity contribution in [3.8, 4) is 0 Å². The summed E-state index contributed by atoms with van der Waals surface area (Å²) in [6, 6.07) is 10.9. The Labute approximate surface area is 122 Å². The molecule has 0 atom stereocenters. The van der Waals surface area contributed by atoms with Gasteiger partial charge < -0.3 is 10.4 Å². The molecule has 0 saturated heterocycles. The van der Waals surface area contributed by atoms with Crippen LogP contribution in [0.3, 0.4) is 0 Å². The highest BCUT2D eigenvalue weighted by molar-refractivity contribution is 5.91. The molecule has 0 aliphatic heterocycles. The van der Waals surface area contributed by atoms with E-state index in [1.54, 1.807) is 0 Å². The molecule has 0 aliphatic rings. The molecule has 0 fully saturated rings. The molecule has 1 aromatic heterocycles. The van der Waals surface area contributed by atoms with Crippen LogP contribution in [-0.4, -0.2) is 22.0 Å². The van der Waals surface area contributed by atoms with E-state index in [0.717, 1.165) is 5.56 Å². The number of carbonyl (C=O) groups is 2. The van der Waals surface area contributed by atoms with Gasteiger partial charge in [-0.15, -0.1) is 0 Å². The third-order valence-electron chi connectivity index (χ3n) is 3.03. The van der Waals surface area contributed by atoms with Crippen LogP contribution in [0.2, 0.25) is 0 Å². The summed E-state index contributed by atoms with van der Waals surface area (Å²) in [7, 11) is 0. The van der Waals surface area contributed by atoms with Crippen LogP contribution in [0.4, 0.5) is 5.69 Å². The topological polar surface area (TPSA) is 79.3 Å². The number of nitrogens with one attached hydrogen (secondary N) is 1. The first kappa shape index (κ1) is 14.7. The van der Waals surface area contributed by atoms with Crippen molar-refractivity contribution in [1.82, 2.24) is 4.98 Å². The Bertz CT molecular complexity index is 634. The number of carboxylic acids is 1. The predicted octanol–water partition coefficient (Wildman–Crippen LogP) is 2.66. The molecule has 5 heteroatoms. The number of aromatic carboxylic acids is 1. The van der Waals surface area contributed by atoms with Gasteiger partial charge in [0.05, 0.1) is 11.9 Å². The second-order valence-corrected chi connectivity index (χ2v) is 4.77. The molecule has 1 amide bonds. The van der Waals surface area contributed by atoms with Gasteiger partial charge in [0, 0.05) is 6.42 Å². The quantitative estimate of drug-likeness (QED) is 0.884. The number of pyridine rings is 1. The van der Waals surface area contributed by atoms with E-state index in [1.807, 2.05) is 31.2 Å². The summed E-state index contributed by atoms with van der Waals surface area (Å²) >= 11 is 0. The molecule has 0 bridgehead atoms. The number of nitrogens with zero attached hydrogens (tertiary/aromatic N) is 1. The average molecular weight is 284 g/mol. The first-order valence-electron chi connectivity index (χ1n) is 6.59. The summed E-state index contributed by atoms with van der Waals surface area (Å²) in [6.45, 7) is 2.02. The number of anilines is 1. The summed E-state index contributed by atoms with van der Waals surface area (Å²) in [4.78, 5) is 26.2. The zero-order valence-corrected chi connectivity index (χ0v) is 11.7. The van der Waals surface area contributed by atoms with Crippen molar-refractivity contribution in [3.05, 3.63) is 59.4 Å². The summed E-state index contributed by atoms with van der Waals surface area (Å²) in [5.41, 5.74) is 2.74. The number of benzene rings is 1. The average Bonchev–Trinajstić information content (AvgIpc) is 2.47. The Morgan fingerprint density at radius 3 is 2.43 bits per heavy atom. The lowest BCUT2D eigenvalue weighted by atomic mass is 10.1. The van der Waals surface area contributed by atoms with E-state index in [9.17, 15) is 9.59 Å². The molecule has 0 spiro atoms. The van der Waals surface area contributed by atoms with E-state index >= 15 is 0 Å². The zero-order valence-electron chi connectivity index (χ0n) is 11.7. The predicted molar refractivity (Wildman–Crippen MR) is 79.3 cm³/mol. The minimum atomic E-state index is -1.09. The monoisotopic (exact) mass is 284 g/mol. The van der Waals surface area contributed by atoms with Crippen LogP contribution in [0.5, 0.6) is 0 Å². The van der Waals surface area contributed by atoms with Crippen molar-refractivity contribution >= 4 is 17.6 Å². The first-order valence-corrected chi connectivity index (χ1v) is 6.59. The van der Waals surface area contributed by atoms with Crippen molar-refractivity contribution in [2.45, 2.75) is 19.8 Å². The van der Waals surface area contributed by atoms with Gasteiger partial charge in [-0.1, -0.05) is 29.8 Å². The lowest BCUT2D eigenvalue weighted by molar-refractivity contribution is -0.116. The number of aryl methyl sites for hydroxylation is 2. The Balaban J connectivity index is 1.86. The molecule has 2 N–H and O–H groups in total. The van der Waals surface area contributed by atoms with Gasteiger partial charge in [0.15, 0.2) is 0 Å². The molecule has 0 radical (unpaired) electrons. The highest BCUT2D eigenvalue weighted by atomic mass is 16.4. The van der Waals surface area contributed by atoms with E-state index in [1.165, 1.54) is 23.9 Å². The fraction of sp³-hybridized carbons (Fsp3) is 0.188. The van der Waals surface area contributed by atoms with E-state index in [-0.39, 0.29) is 11.6 Å². The van der Waals surface area contributed by atoms with Gasteiger partial charge in [-0.3, -0.25) is 4.79 Å². The Morgan fingerprint density at radius 2 is 1.86 bits per heavy atom. The third-order valence-corrected chi connectivity index (χ3v) is 3.03. The van der Waals surface area contributed by atoms with Crippen LogP contribution in [-0.2, 0) is 11.2 Å². The van der Waals surface area contributed by atoms with Crippen LogP contribution in [0, 0.1) is 6.92 Å². The largest absolute Gasteiger partial charge is 0.477 e. The molecule has 1 aromatic carbocycles.